The fourth-order valence-corrected chi connectivity index (χ4v) is 2.01. The number of aryl methyl sites for hydroxylation is 1. The third kappa shape index (κ3) is 2.59. The molecule has 0 radical (unpaired) electrons. The van der Waals surface area contributed by atoms with Gasteiger partial charge in [-0.3, -0.25) is 0 Å². The molecular weight excluding hydrogens is 225 g/mol. The number of rotatable bonds is 3. The highest BCUT2D eigenvalue weighted by atomic mass is 19.1. The Bertz CT molecular complexity index is 549. The largest absolute Gasteiger partial charge is 0.313 e. The van der Waals surface area contributed by atoms with Crippen molar-refractivity contribution in [3.8, 4) is 11.1 Å². The van der Waals surface area contributed by atoms with Gasteiger partial charge in [0.1, 0.15) is 5.82 Å². The van der Waals surface area contributed by atoms with Crippen LogP contribution in [0.15, 0.2) is 42.5 Å². The predicted octanol–water partition coefficient (Wildman–Crippen LogP) is 4.08. The van der Waals surface area contributed by atoms with Crippen LogP contribution in [0.2, 0.25) is 0 Å². The molecule has 2 rings (SSSR count). The van der Waals surface area contributed by atoms with Crippen LogP contribution in [0.5, 0.6) is 0 Å². The molecule has 0 spiro atoms. The minimum absolute atomic E-state index is 0.173. The van der Waals surface area contributed by atoms with Crippen molar-refractivity contribution in [3.05, 3.63) is 59.4 Å². The molecule has 2 heteroatoms. The molecule has 0 fully saturated rings. The third-order valence-corrected chi connectivity index (χ3v) is 3.25. The highest BCUT2D eigenvalue weighted by molar-refractivity contribution is 5.65. The molecule has 1 unspecified atom stereocenters. The van der Waals surface area contributed by atoms with Gasteiger partial charge in [0.05, 0.1) is 0 Å². The molecule has 0 saturated carbocycles. The summed E-state index contributed by atoms with van der Waals surface area (Å²) in [5.74, 6) is -0.173. The molecule has 0 saturated heterocycles. The average Bonchev–Trinajstić information content (AvgIpc) is 2.38. The summed E-state index contributed by atoms with van der Waals surface area (Å²) < 4.78 is 13.9. The maximum Gasteiger partial charge on any atom is 0.131 e. The Kier molecular flexibility index (Phi) is 3.78. The maximum absolute atomic E-state index is 13.9. The van der Waals surface area contributed by atoms with Gasteiger partial charge in [-0.05, 0) is 44.2 Å². The zero-order chi connectivity index (χ0) is 13.1. The first-order chi connectivity index (χ1) is 8.61. The van der Waals surface area contributed by atoms with Gasteiger partial charge in [0.2, 0.25) is 0 Å². The molecule has 0 bridgehead atoms. The van der Waals surface area contributed by atoms with Crippen molar-refractivity contribution in [1.82, 2.24) is 5.32 Å². The second-order valence-corrected chi connectivity index (χ2v) is 4.62. The monoisotopic (exact) mass is 243 g/mol. The summed E-state index contributed by atoms with van der Waals surface area (Å²) in [4.78, 5) is 0. The van der Waals surface area contributed by atoms with E-state index in [-0.39, 0.29) is 11.9 Å². The summed E-state index contributed by atoms with van der Waals surface area (Å²) in [6.45, 7) is 4.08. The van der Waals surface area contributed by atoms with Gasteiger partial charge < -0.3 is 5.32 Å². The molecule has 0 aliphatic rings. The van der Waals surface area contributed by atoms with Gasteiger partial charge in [0, 0.05) is 11.6 Å². The molecule has 1 atom stereocenters. The van der Waals surface area contributed by atoms with E-state index in [9.17, 15) is 4.39 Å². The molecule has 2 aromatic rings. The predicted molar refractivity (Wildman–Crippen MR) is 74.0 cm³/mol. The lowest BCUT2D eigenvalue weighted by Gasteiger charge is -2.13. The van der Waals surface area contributed by atoms with Gasteiger partial charge in [-0.25, -0.2) is 4.39 Å². The summed E-state index contributed by atoms with van der Waals surface area (Å²) in [6, 6.07) is 13.4. The molecule has 0 aromatic heterocycles. The van der Waals surface area contributed by atoms with Crippen molar-refractivity contribution in [3.63, 3.8) is 0 Å². The molecule has 2 aromatic carbocycles. The summed E-state index contributed by atoms with van der Waals surface area (Å²) in [6.07, 6.45) is 0. The first-order valence-electron chi connectivity index (χ1n) is 6.15. The second-order valence-electron chi connectivity index (χ2n) is 4.62. The first-order valence-corrected chi connectivity index (χ1v) is 6.15. The Morgan fingerprint density at radius 3 is 2.56 bits per heavy atom. The van der Waals surface area contributed by atoms with Crippen LogP contribution in [-0.2, 0) is 0 Å². The zero-order valence-electron chi connectivity index (χ0n) is 11.0. The van der Waals surface area contributed by atoms with Crippen LogP contribution in [0.4, 0.5) is 4.39 Å². The van der Waals surface area contributed by atoms with Gasteiger partial charge in [-0.1, -0.05) is 35.9 Å². The van der Waals surface area contributed by atoms with Crippen LogP contribution in [0.3, 0.4) is 0 Å². The highest BCUT2D eigenvalue weighted by Gasteiger charge is 2.09. The van der Waals surface area contributed by atoms with Crippen LogP contribution in [0.25, 0.3) is 11.1 Å². The summed E-state index contributed by atoms with van der Waals surface area (Å²) in [5, 5.41) is 3.17. The molecule has 0 heterocycles. The average molecular weight is 243 g/mol. The lowest BCUT2D eigenvalue weighted by atomic mass is 9.98. The van der Waals surface area contributed by atoms with E-state index in [1.165, 1.54) is 0 Å². The number of nitrogens with one attached hydrogen (secondary N) is 1. The van der Waals surface area contributed by atoms with E-state index in [1.807, 2.05) is 50.4 Å². The molecule has 1 N–H and O–H groups in total. The van der Waals surface area contributed by atoms with Gasteiger partial charge in [0.25, 0.3) is 0 Å². The van der Waals surface area contributed by atoms with Gasteiger partial charge in [0.15, 0.2) is 0 Å². The molecule has 0 aliphatic carbocycles. The van der Waals surface area contributed by atoms with Gasteiger partial charge >= 0.3 is 0 Å². The Labute approximate surface area is 108 Å². The molecule has 0 aliphatic heterocycles. The number of hydrogen-bond donors (Lipinski definition) is 1. The van der Waals surface area contributed by atoms with Crippen LogP contribution < -0.4 is 5.32 Å². The third-order valence-electron chi connectivity index (χ3n) is 3.25. The topological polar surface area (TPSA) is 12.0 Å². The van der Waals surface area contributed by atoms with Crippen LogP contribution >= 0.6 is 0 Å². The quantitative estimate of drug-likeness (QED) is 0.856. The standard InChI is InChI=1S/C16H18FN/c1-11-5-4-6-14(9-11)15-10-13(12(2)18-3)7-8-16(15)17/h4-10,12,18H,1-3H3. The molecular formula is C16H18FN. The lowest BCUT2D eigenvalue weighted by molar-refractivity contribution is 0.622. The minimum Gasteiger partial charge on any atom is -0.313 e. The van der Waals surface area contributed by atoms with E-state index in [4.69, 9.17) is 0 Å². The Hall–Kier alpha value is -1.67. The summed E-state index contributed by atoms with van der Waals surface area (Å²) in [5.41, 5.74) is 3.82. The number of benzene rings is 2. The van der Waals surface area contributed by atoms with Crippen molar-refractivity contribution >= 4 is 0 Å². The van der Waals surface area contributed by atoms with E-state index < -0.39 is 0 Å². The summed E-state index contributed by atoms with van der Waals surface area (Å²) >= 11 is 0. The van der Waals surface area contributed by atoms with E-state index in [0.29, 0.717) is 5.56 Å². The van der Waals surface area contributed by atoms with E-state index in [0.717, 1.165) is 16.7 Å². The van der Waals surface area contributed by atoms with Crippen molar-refractivity contribution in [2.75, 3.05) is 7.05 Å². The van der Waals surface area contributed by atoms with Crippen LogP contribution in [0.1, 0.15) is 24.1 Å². The molecule has 18 heavy (non-hydrogen) atoms. The Balaban J connectivity index is 2.49. The number of halogens is 1. The van der Waals surface area contributed by atoms with Crippen molar-refractivity contribution in [2.24, 2.45) is 0 Å². The second kappa shape index (κ2) is 5.32. The van der Waals surface area contributed by atoms with Crippen molar-refractivity contribution < 1.29 is 4.39 Å². The zero-order valence-corrected chi connectivity index (χ0v) is 11.0. The smallest absolute Gasteiger partial charge is 0.131 e. The first kappa shape index (κ1) is 12.8. The van der Waals surface area contributed by atoms with E-state index in [2.05, 4.69) is 12.2 Å². The van der Waals surface area contributed by atoms with Crippen LogP contribution in [0, 0.1) is 12.7 Å². The van der Waals surface area contributed by atoms with Crippen molar-refractivity contribution in [2.45, 2.75) is 19.9 Å². The normalized spacial score (nSPS) is 12.4. The SMILES string of the molecule is CNC(C)c1ccc(F)c(-c2cccc(C)c2)c1. The van der Waals surface area contributed by atoms with Crippen molar-refractivity contribution in [1.29, 1.82) is 0 Å². The fraction of sp³-hybridized carbons (Fsp3) is 0.250. The minimum atomic E-state index is -0.173. The molecule has 94 valence electrons. The summed E-state index contributed by atoms with van der Waals surface area (Å²) in [7, 11) is 1.90. The van der Waals surface area contributed by atoms with Gasteiger partial charge in [-0.15, -0.1) is 0 Å². The lowest BCUT2D eigenvalue weighted by Crippen LogP contribution is -2.12. The Morgan fingerprint density at radius 1 is 1.11 bits per heavy atom. The molecule has 0 amide bonds. The Morgan fingerprint density at radius 2 is 1.89 bits per heavy atom. The van der Waals surface area contributed by atoms with Crippen LogP contribution in [-0.4, -0.2) is 7.05 Å². The van der Waals surface area contributed by atoms with Gasteiger partial charge in [-0.2, -0.15) is 0 Å². The van der Waals surface area contributed by atoms with E-state index >= 15 is 0 Å². The maximum atomic E-state index is 13.9. The highest BCUT2D eigenvalue weighted by Crippen LogP contribution is 2.26. The molecule has 1 nitrogen and oxygen atoms in total. The van der Waals surface area contributed by atoms with E-state index in [1.54, 1.807) is 6.07 Å². The number of hydrogen-bond acceptors (Lipinski definition) is 1. The fourth-order valence-electron chi connectivity index (χ4n) is 2.01.